The molecule has 0 aromatic heterocycles. The van der Waals surface area contributed by atoms with Crippen molar-refractivity contribution >= 4 is 84.8 Å². The third-order valence-electron chi connectivity index (χ3n) is 7.79. The van der Waals surface area contributed by atoms with E-state index in [1.165, 1.54) is 48.5 Å². The van der Waals surface area contributed by atoms with Gasteiger partial charge in [-0.15, -0.1) is 10.2 Å². The number of rotatable bonds is 9. The van der Waals surface area contributed by atoms with Gasteiger partial charge in [0.1, 0.15) is 31.0 Å². The molecule has 0 heterocycles. The van der Waals surface area contributed by atoms with E-state index in [1.54, 1.807) is 0 Å². The Morgan fingerprint density at radius 2 is 0.685 bits per heavy atom. The number of fused-ring (bicyclic) bond motifs is 2. The molecule has 6 aromatic carbocycles. The summed E-state index contributed by atoms with van der Waals surface area (Å²) in [6, 6.07) is 18.6. The number of phenolic OH excluding ortho intramolecular Hbond substituents is 2. The topological polar surface area (TPSA) is 307 Å². The van der Waals surface area contributed by atoms with E-state index in [0.717, 1.165) is 48.5 Å². The van der Waals surface area contributed by atoms with Crippen LogP contribution in [-0.4, -0.2) is 62.1 Å². The van der Waals surface area contributed by atoms with Crippen molar-refractivity contribution in [2.24, 2.45) is 20.5 Å². The van der Waals surface area contributed by atoms with Crippen molar-refractivity contribution in [3.8, 4) is 22.6 Å². The summed E-state index contributed by atoms with van der Waals surface area (Å²) in [5.74, 6) is -1.09. The molecule has 6 aromatic rings. The quantitative estimate of drug-likeness (QED) is 0.0640. The molecule has 54 heavy (non-hydrogen) atoms. The molecular formula is C32H22N4O14S4. The highest BCUT2D eigenvalue weighted by Crippen LogP contribution is 2.42. The monoisotopic (exact) mass is 814 g/mol. The van der Waals surface area contributed by atoms with E-state index < -0.39 is 94.1 Å². The third-order valence-corrected chi connectivity index (χ3v) is 11.4. The summed E-state index contributed by atoms with van der Waals surface area (Å²) >= 11 is 0. The van der Waals surface area contributed by atoms with Crippen LogP contribution in [0.2, 0.25) is 0 Å². The lowest BCUT2D eigenvalue weighted by molar-refractivity contribution is 0.477. The second-order valence-corrected chi connectivity index (χ2v) is 16.8. The molecule has 0 aliphatic carbocycles. The van der Waals surface area contributed by atoms with Gasteiger partial charge in [-0.3, -0.25) is 18.2 Å². The Morgan fingerprint density at radius 3 is 1.00 bits per heavy atom. The Kier molecular flexibility index (Phi) is 9.58. The van der Waals surface area contributed by atoms with Crippen LogP contribution in [0.4, 0.5) is 22.7 Å². The number of nitrogens with zero attached hydrogens (tertiary/aromatic N) is 4. The molecule has 0 radical (unpaired) electrons. The minimum Gasteiger partial charge on any atom is -0.505 e. The first-order chi connectivity index (χ1) is 25.1. The average Bonchev–Trinajstić information content (AvgIpc) is 3.09. The van der Waals surface area contributed by atoms with E-state index >= 15 is 0 Å². The van der Waals surface area contributed by atoms with Gasteiger partial charge < -0.3 is 10.2 Å². The number of phenols is 2. The molecule has 6 rings (SSSR count). The first-order valence-corrected chi connectivity index (χ1v) is 20.4. The summed E-state index contributed by atoms with van der Waals surface area (Å²) in [7, 11) is -20.0. The zero-order chi connectivity index (χ0) is 39.4. The van der Waals surface area contributed by atoms with Gasteiger partial charge in [0.05, 0.1) is 11.4 Å². The summed E-state index contributed by atoms with van der Waals surface area (Å²) in [6.45, 7) is 0. The second kappa shape index (κ2) is 13.6. The summed E-state index contributed by atoms with van der Waals surface area (Å²) in [6.07, 6.45) is 0. The van der Waals surface area contributed by atoms with Crippen LogP contribution in [0.1, 0.15) is 0 Å². The molecule has 0 saturated carbocycles. The minimum absolute atomic E-state index is 0.0202. The number of aromatic hydroxyl groups is 2. The molecule has 0 saturated heterocycles. The van der Waals surface area contributed by atoms with Gasteiger partial charge in [0, 0.05) is 32.7 Å². The fourth-order valence-electron chi connectivity index (χ4n) is 5.45. The molecular weight excluding hydrogens is 793 g/mol. The average molecular weight is 815 g/mol. The lowest BCUT2D eigenvalue weighted by atomic mass is 10.0. The molecule has 0 spiro atoms. The predicted octanol–water partition coefficient (Wildman–Crippen LogP) is 6.89. The van der Waals surface area contributed by atoms with Gasteiger partial charge in [-0.1, -0.05) is 60.7 Å². The smallest absolute Gasteiger partial charge is 0.295 e. The van der Waals surface area contributed by atoms with Crippen molar-refractivity contribution in [2.75, 3.05) is 0 Å². The van der Waals surface area contributed by atoms with E-state index in [2.05, 4.69) is 20.5 Å². The van der Waals surface area contributed by atoms with Crippen molar-refractivity contribution < 1.29 is 62.1 Å². The maximum Gasteiger partial charge on any atom is 0.295 e. The standard InChI is InChI=1S/C32H22N4O14S4/c37-31-23-7-3-1-5-19(23)29(53(45,46)47)15-25(31)35-33-17-9-11-21(27(13-17)51(39,40)41)22-12-10-18(14-28(22)52(42,43)44)34-36-26-16-30(54(48,49)50)20-6-2-4-8-24(20)32(26)38/h1-16,37-38H,(H,39,40,41)(H,42,43,44)(H,45,46,47)(H,48,49,50). The largest absolute Gasteiger partial charge is 0.505 e. The van der Waals surface area contributed by atoms with Crippen LogP contribution in [0.3, 0.4) is 0 Å². The van der Waals surface area contributed by atoms with Gasteiger partial charge in [0.15, 0.2) is 11.5 Å². The summed E-state index contributed by atoms with van der Waals surface area (Å²) in [5, 5.41) is 36.5. The Morgan fingerprint density at radius 1 is 0.370 bits per heavy atom. The molecule has 22 heteroatoms. The second-order valence-electron chi connectivity index (χ2n) is 11.2. The zero-order valence-electron chi connectivity index (χ0n) is 26.6. The molecule has 0 aliphatic rings. The van der Waals surface area contributed by atoms with Crippen LogP contribution in [0.25, 0.3) is 32.7 Å². The van der Waals surface area contributed by atoms with Gasteiger partial charge in [0.25, 0.3) is 40.5 Å². The first kappa shape index (κ1) is 38.0. The highest BCUT2D eigenvalue weighted by molar-refractivity contribution is 7.87. The lowest BCUT2D eigenvalue weighted by Crippen LogP contribution is -2.05. The van der Waals surface area contributed by atoms with Gasteiger partial charge in [-0.2, -0.15) is 43.9 Å². The van der Waals surface area contributed by atoms with E-state index in [9.17, 15) is 62.1 Å². The SMILES string of the molecule is O=S(=O)(O)c1cc(N=Nc2cc(S(=O)(=O)O)c3ccccc3c2O)ccc1-c1ccc(N=Nc2cc(S(=O)(=O)O)c3ccccc3c2O)cc1S(=O)(=O)O. The molecule has 0 fully saturated rings. The van der Waals surface area contributed by atoms with Crippen molar-refractivity contribution in [3.63, 3.8) is 0 Å². The summed E-state index contributed by atoms with van der Waals surface area (Å²) < 4.78 is 138. The minimum atomic E-state index is -5.19. The van der Waals surface area contributed by atoms with Gasteiger partial charge in [-0.25, -0.2) is 0 Å². The number of hydrogen-bond donors (Lipinski definition) is 6. The van der Waals surface area contributed by atoms with Crippen LogP contribution in [0.15, 0.2) is 137 Å². The van der Waals surface area contributed by atoms with Gasteiger partial charge in [-0.05, 0) is 36.4 Å². The van der Waals surface area contributed by atoms with E-state index in [1.807, 2.05) is 0 Å². The first-order valence-electron chi connectivity index (χ1n) is 14.7. The molecule has 278 valence electrons. The normalized spacial score (nSPS) is 13.0. The van der Waals surface area contributed by atoms with E-state index in [0.29, 0.717) is 0 Å². The lowest BCUT2D eigenvalue weighted by Gasteiger charge is -2.12. The van der Waals surface area contributed by atoms with Crippen molar-refractivity contribution in [1.82, 2.24) is 0 Å². The van der Waals surface area contributed by atoms with Crippen molar-refractivity contribution in [2.45, 2.75) is 19.6 Å². The molecule has 6 N–H and O–H groups in total. The zero-order valence-corrected chi connectivity index (χ0v) is 29.9. The van der Waals surface area contributed by atoms with Gasteiger partial charge >= 0.3 is 0 Å². The van der Waals surface area contributed by atoms with E-state index in [4.69, 9.17) is 0 Å². The molecule has 0 atom stereocenters. The van der Waals surface area contributed by atoms with Crippen molar-refractivity contribution in [3.05, 3.63) is 97.1 Å². The van der Waals surface area contributed by atoms with Crippen LogP contribution in [0.5, 0.6) is 11.5 Å². The number of benzene rings is 6. The maximum absolute atomic E-state index is 12.5. The van der Waals surface area contributed by atoms with E-state index in [-0.39, 0.29) is 32.9 Å². The van der Waals surface area contributed by atoms with Gasteiger partial charge in [0.2, 0.25) is 0 Å². The molecule has 18 nitrogen and oxygen atoms in total. The maximum atomic E-state index is 12.5. The van der Waals surface area contributed by atoms with Crippen LogP contribution in [0, 0.1) is 0 Å². The molecule has 0 unspecified atom stereocenters. The van der Waals surface area contributed by atoms with Crippen LogP contribution < -0.4 is 0 Å². The fourth-order valence-corrected chi connectivity index (χ4v) is 8.33. The number of azo groups is 2. The predicted molar refractivity (Wildman–Crippen MR) is 191 cm³/mol. The Labute approximate surface area is 305 Å². The number of hydrogen-bond acceptors (Lipinski definition) is 14. The highest BCUT2D eigenvalue weighted by Gasteiger charge is 2.25. The van der Waals surface area contributed by atoms with Crippen molar-refractivity contribution in [1.29, 1.82) is 0 Å². The van der Waals surface area contributed by atoms with Crippen LogP contribution in [-0.2, 0) is 40.5 Å². The highest BCUT2D eigenvalue weighted by atomic mass is 32.2. The van der Waals surface area contributed by atoms with Crippen LogP contribution >= 0.6 is 0 Å². The summed E-state index contributed by atoms with van der Waals surface area (Å²) in [5.41, 5.74) is -2.48. The summed E-state index contributed by atoms with van der Waals surface area (Å²) in [4.78, 5) is -3.09. The molecule has 0 bridgehead atoms. The molecule has 0 amide bonds. The molecule has 0 aliphatic heterocycles. The fraction of sp³-hybridized carbons (Fsp3) is 0. The third kappa shape index (κ3) is 7.53. The Bertz CT molecular complexity index is 2870. The Hall–Kier alpha value is -5.72. The Balaban J connectivity index is 1.43.